The van der Waals surface area contributed by atoms with E-state index in [1.54, 1.807) is 0 Å². The van der Waals surface area contributed by atoms with E-state index in [4.69, 9.17) is 11.5 Å². The van der Waals surface area contributed by atoms with Crippen LogP contribution in [0.2, 0.25) is 0 Å². The first kappa shape index (κ1) is 9.68. The van der Waals surface area contributed by atoms with Gasteiger partial charge in [-0.3, -0.25) is 4.79 Å². The van der Waals surface area contributed by atoms with Gasteiger partial charge in [0.1, 0.15) is 6.04 Å². The molecule has 0 fully saturated rings. The van der Waals surface area contributed by atoms with Crippen molar-refractivity contribution in [2.45, 2.75) is 6.04 Å². The third-order valence-electron chi connectivity index (χ3n) is 2.44. The van der Waals surface area contributed by atoms with Crippen molar-refractivity contribution in [3.8, 4) is 0 Å². The molecule has 3 nitrogen and oxygen atoms in total. The fourth-order valence-corrected chi connectivity index (χ4v) is 1.57. The highest BCUT2D eigenvalue weighted by molar-refractivity contribution is 5.86. The number of nitrogens with two attached hydrogens (primary N) is 2. The Balaban J connectivity index is 2.51. The van der Waals surface area contributed by atoms with Gasteiger partial charge in [-0.1, -0.05) is 36.4 Å². The van der Waals surface area contributed by atoms with Gasteiger partial charge < -0.3 is 11.5 Å². The number of benzene rings is 2. The maximum absolute atomic E-state index is 10.9. The topological polar surface area (TPSA) is 69.1 Å². The van der Waals surface area contributed by atoms with E-state index in [1.165, 1.54) is 0 Å². The number of carbonyl (C=O) groups is 1. The Morgan fingerprint density at radius 3 is 2.40 bits per heavy atom. The normalized spacial score (nSPS) is 12.6. The molecule has 0 spiro atoms. The maximum atomic E-state index is 10.9. The SMILES string of the molecule is NC(=O)[C@@H](N)c1ccc2ccccc2c1. The highest BCUT2D eigenvalue weighted by atomic mass is 16.1. The molecule has 0 saturated heterocycles. The molecule has 0 aliphatic carbocycles. The van der Waals surface area contributed by atoms with Crippen LogP contribution in [-0.2, 0) is 4.79 Å². The third-order valence-corrected chi connectivity index (χ3v) is 2.44. The lowest BCUT2D eigenvalue weighted by atomic mass is 10.0. The van der Waals surface area contributed by atoms with Crippen LogP contribution in [0.4, 0.5) is 0 Å². The Hall–Kier alpha value is -1.87. The minimum Gasteiger partial charge on any atom is -0.368 e. The standard InChI is InChI=1S/C12H12N2O/c13-11(12(14)15)10-6-5-8-3-1-2-4-9(8)7-10/h1-7,11H,13H2,(H2,14,15)/t11-/m0/s1. The summed E-state index contributed by atoms with van der Waals surface area (Å²) in [6.07, 6.45) is 0. The van der Waals surface area contributed by atoms with E-state index >= 15 is 0 Å². The van der Waals surface area contributed by atoms with Gasteiger partial charge >= 0.3 is 0 Å². The Labute approximate surface area is 87.7 Å². The summed E-state index contributed by atoms with van der Waals surface area (Å²) in [7, 11) is 0. The first-order valence-electron chi connectivity index (χ1n) is 4.72. The monoisotopic (exact) mass is 200 g/mol. The number of primary amides is 1. The second kappa shape index (κ2) is 3.71. The van der Waals surface area contributed by atoms with Crippen LogP contribution in [0.3, 0.4) is 0 Å². The number of amides is 1. The van der Waals surface area contributed by atoms with Crippen LogP contribution in [-0.4, -0.2) is 5.91 Å². The van der Waals surface area contributed by atoms with Gasteiger partial charge in [-0.05, 0) is 22.4 Å². The molecule has 0 aromatic heterocycles. The predicted octanol–water partition coefficient (Wildman–Crippen LogP) is 1.32. The van der Waals surface area contributed by atoms with Gasteiger partial charge in [0.15, 0.2) is 0 Å². The molecule has 3 heteroatoms. The molecule has 0 radical (unpaired) electrons. The lowest BCUT2D eigenvalue weighted by Crippen LogP contribution is -2.28. The van der Waals surface area contributed by atoms with E-state index in [1.807, 2.05) is 42.5 Å². The lowest BCUT2D eigenvalue weighted by molar-refractivity contribution is -0.119. The van der Waals surface area contributed by atoms with Crippen molar-refractivity contribution in [1.29, 1.82) is 0 Å². The third kappa shape index (κ3) is 1.82. The molecule has 2 aromatic rings. The minimum atomic E-state index is -0.727. The molecule has 2 rings (SSSR count). The van der Waals surface area contributed by atoms with Crippen molar-refractivity contribution < 1.29 is 4.79 Å². The second-order valence-corrected chi connectivity index (χ2v) is 3.49. The molecule has 1 amide bonds. The molecule has 0 aliphatic heterocycles. The van der Waals surface area contributed by atoms with Crippen molar-refractivity contribution >= 4 is 16.7 Å². The van der Waals surface area contributed by atoms with Gasteiger partial charge in [-0.25, -0.2) is 0 Å². The molecule has 0 aliphatic rings. The van der Waals surface area contributed by atoms with Gasteiger partial charge in [0.05, 0.1) is 0 Å². The van der Waals surface area contributed by atoms with Gasteiger partial charge in [0.25, 0.3) is 0 Å². The summed E-state index contributed by atoms with van der Waals surface area (Å²) in [5, 5.41) is 2.18. The van der Waals surface area contributed by atoms with Crippen molar-refractivity contribution in [3.63, 3.8) is 0 Å². The summed E-state index contributed by atoms with van der Waals surface area (Å²) in [6.45, 7) is 0. The summed E-state index contributed by atoms with van der Waals surface area (Å²) in [4.78, 5) is 10.9. The summed E-state index contributed by atoms with van der Waals surface area (Å²) >= 11 is 0. The van der Waals surface area contributed by atoms with Crippen LogP contribution in [0.1, 0.15) is 11.6 Å². The molecule has 0 unspecified atom stereocenters. The number of hydrogen-bond donors (Lipinski definition) is 2. The first-order valence-corrected chi connectivity index (χ1v) is 4.72. The highest BCUT2D eigenvalue weighted by Gasteiger charge is 2.11. The zero-order valence-corrected chi connectivity index (χ0v) is 8.18. The van der Waals surface area contributed by atoms with Gasteiger partial charge in [0.2, 0.25) is 5.91 Å². The van der Waals surface area contributed by atoms with Gasteiger partial charge in [-0.2, -0.15) is 0 Å². The quantitative estimate of drug-likeness (QED) is 0.767. The van der Waals surface area contributed by atoms with E-state index in [-0.39, 0.29) is 0 Å². The van der Waals surface area contributed by atoms with Crippen LogP contribution < -0.4 is 11.5 Å². The summed E-state index contributed by atoms with van der Waals surface area (Å²) in [5.41, 5.74) is 11.6. The van der Waals surface area contributed by atoms with Gasteiger partial charge in [0, 0.05) is 0 Å². The zero-order chi connectivity index (χ0) is 10.8. The number of rotatable bonds is 2. The summed E-state index contributed by atoms with van der Waals surface area (Å²) in [6, 6.07) is 12.8. The van der Waals surface area contributed by atoms with E-state index in [0.29, 0.717) is 0 Å². The molecule has 4 N–H and O–H groups in total. The van der Waals surface area contributed by atoms with Crippen molar-refractivity contribution in [3.05, 3.63) is 48.0 Å². The molecule has 0 saturated carbocycles. The van der Waals surface area contributed by atoms with Crippen LogP contribution in [0.5, 0.6) is 0 Å². The summed E-state index contributed by atoms with van der Waals surface area (Å²) < 4.78 is 0. The molecule has 2 aromatic carbocycles. The maximum Gasteiger partial charge on any atom is 0.238 e. The van der Waals surface area contributed by atoms with Crippen molar-refractivity contribution in [2.75, 3.05) is 0 Å². The molecule has 0 heterocycles. The van der Waals surface area contributed by atoms with E-state index in [9.17, 15) is 4.79 Å². The average molecular weight is 200 g/mol. The number of carbonyl (C=O) groups excluding carboxylic acids is 1. The van der Waals surface area contributed by atoms with Gasteiger partial charge in [-0.15, -0.1) is 0 Å². The Kier molecular flexibility index (Phi) is 2.39. The molecule has 1 atom stereocenters. The van der Waals surface area contributed by atoms with Crippen molar-refractivity contribution in [1.82, 2.24) is 0 Å². The molecule has 15 heavy (non-hydrogen) atoms. The first-order chi connectivity index (χ1) is 7.18. The fourth-order valence-electron chi connectivity index (χ4n) is 1.57. The van der Waals surface area contributed by atoms with Crippen molar-refractivity contribution in [2.24, 2.45) is 11.5 Å². The van der Waals surface area contributed by atoms with Crippen LogP contribution >= 0.6 is 0 Å². The van der Waals surface area contributed by atoms with Crippen LogP contribution in [0, 0.1) is 0 Å². The van der Waals surface area contributed by atoms with E-state index in [0.717, 1.165) is 16.3 Å². The van der Waals surface area contributed by atoms with Crippen LogP contribution in [0.15, 0.2) is 42.5 Å². The fraction of sp³-hybridized carbons (Fsp3) is 0.0833. The predicted molar refractivity (Wildman–Crippen MR) is 60.1 cm³/mol. The second-order valence-electron chi connectivity index (χ2n) is 3.49. The lowest BCUT2D eigenvalue weighted by Gasteiger charge is -2.08. The zero-order valence-electron chi connectivity index (χ0n) is 8.18. The summed E-state index contributed by atoms with van der Waals surface area (Å²) in [5.74, 6) is -0.509. The minimum absolute atomic E-state index is 0.509. The molecular formula is C12H12N2O. The number of hydrogen-bond acceptors (Lipinski definition) is 2. The van der Waals surface area contributed by atoms with E-state index in [2.05, 4.69) is 0 Å². The molecule has 76 valence electrons. The Morgan fingerprint density at radius 2 is 1.73 bits per heavy atom. The highest BCUT2D eigenvalue weighted by Crippen LogP contribution is 2.18. The Bertz CT molecular complexity index is 508. The van der Waals surface area contributed by atoms with Crippen LogP contribution in [0.25, 0.3) is 10.8 Å². The smallest absolute Gasteiger partial charge is 0.238 e. The largest absolute Gasteiger partial charge is 0.368 e. The molecule has 0 bridgehead atoms. The average Bonchev–Trinajstić information content (AvgIpc) is 2.27. The number of fused-ring (bicyclic) bond motifs is 1. The molecular weight excluding hydrogens is 188 g/mol. The van der Waals surface area contributed by atoms with E-state index < -0.39 is 11.9 Å². The Morgan fingerprint density at radius 1 is 1.07 bits per heavy atom.